The van der Waals surface area contributed by atoms with E-state index in [1.807, 2.05) is 56.3 Å². The minimum atomic E-state index is -0.383. The van der Waals surface area contributed by atoms with Gasteiger partial charge in [0.1, 0.15) is 0 Å². The second-order valence-corrected chi connectivity index (χ2v) is 5.91. The molecule has 1 amide bonds. The summed E-state index contributed by atoms with van der Waals surface area (Å²) in [6.45, 7) is 3.94. The van der Waals surface area contributed by atoms with Gasteiger partial charge in [-0.15, -0.1) is 0 Å². The summed E-state index contributed by atoms with van der Waals surface area (Å²) in [5.41, 5.74) is 7.00. The fraction of sp³-hybridized carbons (Fsp3) is 0.188. The van der Waals surface area contributed by atoms with Gasteiger partial charge >= 0.3 is 0 Å². The zero-order valence-corrected chi connectivity index (χ0v) is 12.1. The maximum Gasteiger partial charge on any atom is 0.263 e. The van der Waals surface area contributed by atoms with Gasteiger partial charge in [-0.2, -0.15) is 0 Å². The number of hydrogen-bond donors (Lipinski definition) is 2. The number of amides is 1. The third-order valence-corrected chi connectivity index (χ3v) is 3.82. The quantitative estimate of drug-likeness (QED) is 0.790. The zero-order chi connectivity index (χ0) is 14.3. The van der Waals surface area contributed by atoms with Crippen LogP contribution in [0.4, 0.5) is 0 Å². The molecule has 0 aromatic heterocycles. The van der Waals surface area contributed by atoms with Crippen molar-refractivity contribution < 1.29 is 4.79 Å². The highest BCUT2D eigenvalue weighted by atomic mass is 35.5. The number of carbonyl (C=O) groups is 1. The lowest BCUT2D eigenvalue weighted by molar-refractivity contribution is -0.116. The van der Waals surface area contributed by atoms with E-state index < -0.39 is 0 Å². The van der Waals surface area contributed by atoms with Crippen LogP contribution in [0.15, 0.2) is 42.0 Å². The maximum atomic E-state index is 11.9. The van der Waals surface area contributed by atoms with Gasteiger partial charge in [-0.3, -0.25) is 10.2 Å². The first kappa shape index (κ1) is 13.2. The van der Waals surface area contributed by atoms with Gasteiger partial charge < -0.3 is 0 Å². The third-order valence-electron chi connectivity index (χ3n) is 3.58. The Labute approximate surface area is 122 Å². The summed E-state index contributed by atoms with van der Waals surface area (Å²) >= 11 is 6.02. The SMILES string of the molecule is CC1(C)NNC(=O)/C1=C\c1cccc2cc(Cl)ccc12. The van der Waals surface area contributed by atoms with Crippen LogP contribution >= 0.6 is 11.6 Å². The van der Waals surface area contributed by atoms with Crippen LogP contribution < -0.4 is 10.9 Å². The van der Waals surface area contributed by atoms with Crippen molar-refractivity contribution in [2.75, 3.05) is 0 Å². The summed E-state index contributed by atoms with van der Waals surface area (Å²) < 4.78 is 0. The molecule has 0 aliphatic carbocycles. The smallest absolute Gasteiger partial charge is 0.263 e. The molecule has 2 N–H and O–H groups in total. The average molecular weight is 287 g/mol. The number of fused-ring (bicyclic) bond motifs is 1. The van der Waals surface area contributed by atoms with Crippen molar-refractivity contribution >= 4 is 34.4 Å². The minimum Gasteiger partial charge on any atom is -0.287 e. The molecule has 3 rings (SSSR count). The fourth-order valence-corrected chi connectivity index (χ4v) is 2.62. The number of benzene rings is 2. The first-order valence-corrected chi connectivity index (χ1v) is 6.83. The summed E-state index contributed by atoms with van der Waals surface area (Å²) in [6.07, 6.45) is 1.94. The topological polar surface area (TPSA) is 41.1 Å². The normalized spacial score (nSPS) is 19.6. The molecule has 0 atom stereocenters. The van der Waals surface area contributed by atoms with E-state index in [1.165, 1.54) is 0 Å². The van der Waals surface area contributed by atoms with Gasteiger partial charge in [-0.25, -0.2) is 5.43 Å². The van der Waals surface area contributed by atoms with Gasteiger partial charge in [0.15, 0.2) is 0 Å². The van der Waals surface area contributed by atoms with Crippen molar-refractivity contribution in [3.8, 4) is 0 Å². The largest absolute Gasteiger partial charge is 0.287 e. The second-order valence-electron chi connectivity index (χ2n) is 5.47. The minimum absolute atomic E-state index is 0.0824. The van der Waals surface area contributed by atoms with Crippen molar-refractivity contribution in [1.82, 2.24) is 10.9 Å². The highest BCUT2D eigenvalue weighted by Crippen LogP contribution is 2.28. The van der Waals surface area contributed by atoms with Gasteiger partial charge in [0, 0.05) is 10.6 Å². The summed E-state index contributed by atoms with van der Waals surface area (Å²) in [5, 5.41) is 2.86. The molecular weight excluding hydrogens is 272 g/mol. The van der Waals surface area contributed by atoms with Gasteiger partial charge in [0.05, 0.1) is 5.54 Å². The van der Waals surface area contributed by atoms with Gasteiger partial charge in [-0.1, -0.05) is 35.9 Å². The van der Waals surface area contributed by atoms with E-state index >= 15 is 0 Å². The molecular formula is C16H15ClN2O. The molecule has 2 aromatic rings. The third kappa shape index (κ3) is 2.19. The second kappa shape index (κ2) is 4.62. The Morgan fingerprint density at radius 3 is 2.70 bits per heavy atom. The Kier molecular flexibility index (Phi) is 3.04. The molecule has 3 nitrogen and oxygen atoms in total. The monoisotopic (exact) mass is 286 g/mol. The molecule has 4 heteroatoms. The summed E-state index contributed by atoms with van der Waals surface area (Å²) in [7, 11) is 0. The lowest BCUT2D eigenvalue weighted by Gasteiger charge is -2.17. The Bertz CT molecular complexity index is 734. The lowest BCUT2D eigenvalue weighted by atomic mass is 9.92. The van der Waals surface area contributed by atoms with Crippen LogP contribution in [-0.4, -0.2) is 11.4 Å². The highest BCUT2D eigenvalue weighted by molar-refractivity contribution is 6.31. The van der Waals surface area contributed by atoms with Crippen LogP contribution in [0, 0.1) is 0 Å². The van der Waals surface area contributed by atoms with Crippen molar-refractivity contribution in [2.45, 2.75) is 19.4 Å². The van der Waals surface area contributed by atoms with Crippen molar-refractivity contribution in [2.24, 2.45) is 0 Å². The Morgan fingerprint density at radius 2 is 2.00 bits per heavy atom. The molecule has 1 aliphatic rings. The van der Waals surface area contributed by atoms with E-state index in [2.05, 4.69) is 10.9 Å². The van der Waals surface area contributed by atoms with Crippen LogP contribution in [0.1, 0.15) is 19.4 Å². The number of rotatable bonds is 1. The van der Waals surface area contributed by atoms with E-state index in [0.29, 0.717) is 5.02 Å². The Hall–Kier alpha value is -1.84. The van der Waals surface area contributed by atoms with Crippen molar-refractivity contribution in [3.05, 3.63) is 52.6 Å². The lowest BCUT2D eigenvalue weighted by Crippen LogP contribution is -2.38. The molecule has 0 unspecified atom stereocenters. The first-order valence-electron chi connectivity index (χ1n) is 6.45. The molecule has 1 fully saturated rings. The molecule has 102 valence electrons. The molecule has 2 aromatic carbocycles. The molecule has 0 saturated carbocycles. The summed E-state index contributed by atoms with van der Waals surface area (Å²) in [4.78, 5) is 11.9. The summed E-state index contributed by atoms with van der Waals surface area (Å²) in [5.74, 6) is -0.0824. The molecule has 0 bridgehead atoms. The van der Waals surface area contributed by atoms with E-state index in [4.69, 9.17) is 11.6 Å². The predicted molar refractivity (Wildman–Crippen MR) is 82.3 cm³/mol. The van der Waals surface area contributed by atoms with Gasteiger partial charge in [0.2, 0.25) is 0 Å². The van der Waals surface area contributed by atoms with Crippen LogP contribution in [0.3, 0.4) is 0 Å². The van der Waals surface area contributed by atoms with E-state index in [9.17, 15) is 4.79 Å². The Balaban J connectivity index is 2.18. The number of nitrogens with one attached hydrogen (secondary N) is 2. The zero-order valence-electron chi connectivity index (χ0n) is 11.3. The standard InChI is InChI=1S/C16H15ClN2O/c1-16(2)14(15(20)18-19-16)9-11-5-3-4-10-8-12(17)6-7-13(10)11/h3-9,19H,1-2H3,(H,18,20)/b14-9+. The van der Waals surface area contributed by atoms with Crippen LogP contribution in [0.25, 0.3) is 16.8 Å². The van der Waals surface area contributed by atoms with E-state index in [1.54, 1.807) is 0 Å². The van der Waals surface area contributed by atoms with Crippen molar-refractivity contribution in [3.63, 3.8) is 0 Å². The number of halogens is 1. The molecule has 0 radical (unpaired) electrons. The van der Waals surface area contributed by atoms with Crippen LogP contribution in [0.2, 0.25) is 5.02 Å². The average Bonchev–Trinajstić information content (AvgIpc) is 2.65. The summed E-state index contributed by atoms with van der Waals surface area (Å²) in [6, 6.07) is 11.8. The highest BCUT2D eigenvalue weighted by Gasteiger charge is 2.34. The fourth-order valence-electron chi connectivity index (χ4n) is 2.44. The van der Waals surface area contributed by atoms with Crippen LogP contribution in [0.5, 0.6) is 0 Å². The number of hydrogen-bond acceptors (Lipinski definition) is 2. The predicted octanol–water partition coefficient (Wildman–Crippen LogP) is 3.29. The molecule has 0 spiro atoms. The molecule has 1 aliphatic heterocycles. The molecule has 1 heterocycles. The Morgan fingerprint density at radius 1 is 1.20 bits per heavy atom. The van der Waals surface area contributed by atoms with E-state index in [0.717, 1.165) is 21.9 Å². The molecule has 1 saturated heterocycles. The number of hydrazine groups is 1. The van der Waals surface area contributed by atoms with Crippen LogP contribution in [-0.2, 0) is 4.79 Å². The number of carbonyl (C=O) groups excluding carboxylic acids is 1. The maximum absolute atomic E-state index is 11.9. The van der Waals surface area contributed by atoms with E-state index in [-0.39, 0.29) is 11.4 Å². The molecule has 20 heavy (non-hydrogen) atoms. The first-order chi connectivity index (χ1) is 9.47. The van der Waals surface area contributed by atoms with Crippen molar-refractivity contribution in [1.29, 1.82) is 0 Å². The van der Waals surface area contributed by atoms with Gasteiger partial charge in [0.25, 0.3) is 5.91 Å². The van der Waals surface area contributed by atoms with Gasteiger partial charge in [-0.05, 0) is 48.4 Å².